The molecular weight excluding hydrogens is 188 g/mol. The lowest BCUT2D eigenvalue weighted by Crippen LogP contribution is -2.48. The maximum atomic E-state index is 11.4. The Morgan fingerprint density at radius 3 is 3.00 bits per heavy atom. The lowest BCUT2D eigenvalue weighted by atomic mass is 10.2. The molecule has 2 rings (SSSR count). The first-order valence-corrected chi connectivity index (χ1v) is 4.94. The topological polar surface area (TPSA) is 51.2 Å². The molecule has 70 valence electrons. The molecular formula is C8H10N2O2S. The van der Waals surface area contributed by atoms with Crippen LogP contribution in [0.4, 0.5) is 0 Å². The number of hydrogen-bond acceptors (Lipinski definition) is 4. The van der Waals surface area contributed by atoms with E-state index < -0.39 is 0 Å². The van der Waals surface area contributed by atoms with Gasteiger partial charge in [0.25, 0.3) is 5.91 Å². The van der Waals surface area contributed by atoms with Gasteiger partial charge in [0.1, 0.15) is 5.69 Å². The SMILES string of the molecule is Cc1nc(C(=O)NC2COC2)cs1. The van der Waals surface area contributed by atoms with Crippen LogP contribution >= 0.6 is 11.3 Å². The first kappa shape index (κ1) is 8.65. The Kier molecular flexibility index (Phi) is 2.28. The Morgan fingerprint density at radius 1 is 1.77 bits per heavy atom. The minimum Gasteiger partial charge on any atom is -0.377 e. The predicted octanol–water partition coefficient (Wildman–Crippen LogP) is 0.580. The molecule has 4 nitrogen and oxygen atoms in total. The summed E-state index contributed by atoms with van der Waals surface area (Å²) in [7, 11) is 0. The quantitative estimate of drug-likeness (QED) is 0.756. The number of ether oxygens (including phenoxy) is 1. The summed E-state index contributed by atoms with van der Waals surface area (Å²) < 4.78 is 4.94. The van der Waals surface area contributed by atoms with E-state index in [4.69, 9.17) is 4.74 Å². The second kappa shape index (κ2) is 3.43. The monoisotopic (exact) mass is 198 g/mol. The van der Waals surface area contributed by atoms with Crippen LogP contribution in [-0.2, 0) is 4.74 Å². The van der Waals surface area contributed by atoms with Gasteiger partial charge in [0.2, 0.25) is 0 Å². The van der Waals surface area contributed by atoms with Crippen molar-refractivity contribution in [2.45, 2.75) is 13.0 Å². The first-order chi connectivity index (χ1) is 6.25. The Bertz CT molecular complexity index is 320. The Hall–Kier alpha value is -0.940. The molecule has 1 aliphatic heterocycles. The number of nitrogens with zero attached hydrogens (tertiary/aromatic N) is 1. The molecule has 1 fully saturated rings. The molecule has 1 aliphatic rings. The molecule has 1 aromatic rings. The average molecular weight is 198 g/mol. The van der Waals surface area contributed by atoms with Crippen LogP contribution in [0, 0.1) is 6.92 Å². The second-order valence-corrected chi connectivity index (χ2v) is 4.02. The first-order valence-electron chi connectivity index (χ1n) is 4.06. The molecule has 0 unspecified atom stereocenters. The Balaban J connectivity index is 1.96. The molecule has 1 saturated heterocycles. The number of amides is 1. The summed E-state index contributed by atoms with van der Waals surface area (Å²) in [6, 6.07) is 0.175. The standard InChI is InChI=1S/C8H10N2O2S/c1-5-9-7(4-13-5)8(11)10-6-2-12-3-6/h4,6H,2-3H2,1H3,(H,10,11). The number of thiazole rings is 1. The third-order valence-corrected chi connectivity index (χ3v) is 2.60. The van der Waals surface area contributed by atoms with Crippen molar-refractivity contribution >= 4 is 17.2 Å². The molecule has 0 saturated carbocycles. The van der Waals surface area contributed by atoms with Gasteiger partial charge in [0.05, 0.1) is 24.3 Å². The van der Waals surface area contributed by atoms with Crippen molar-refractivity contribution in [2.24, 2.45) is 0 Å². The molecule has 0 spiro atoms. The summed E-state index contributed by atoms with van der Waals surface area (Å²) in [4.78, 5) is 15.5. The third-order valence-electron chi connectivity index (χ3n) is 1.82. The van der Waals surface area contributed by atoms with Crippen LogP contribution in [-0.4, -0.2) is 30.1 Å². The fourth-order valence-electron chi connectivity index (χ4n) is 1.05. The van der Waals surface area contributed by atoms with Gasteiger partial charge < -0.3 is 10.1 Å². The van der Waals surface area contributed by atoms with E-state index in [2.05, 4.69) is 10.3 Å². The molecule has 13 heavy (non-hydrogen) atoms. The van der Waals surface area contributed by atoms with E-state index in [1.165, 1.54) is 11.3 Å². The van der Waals surface area contributed by atoms with Crippen molar-refractivity contribution < 1.29 is 9.53 Å². The predicted molar refractivity (Wildman–Crippen MR) is 48.9 cm³/mol. The van der Waals surface area contributed by atoms with Gasteiger partial charge in [-0.15, -0.1) is 11.3 Å². The van der Waals surface area contributed by atoms with Crippen LogP contribution in [0.5, 0.6) is 0 Å². The lowest BCUT2D eigenvalue weighted by Gasteiger charge is -2.26. The minimum atomic E-state index is -0.0994. The highest BCUT2D eigenvalue weighted by Gasteiger charge is 2.21. The number of aryl methyl sites for hydroxylation is 1. The fraction of sp³-hybridized carbons (Fsp3) is 0.500. The van der Waals surface area contributed by atoms with Crippen molar-refractivity contribution in [3.8, 4) is 0 Å². The molecule has 5 heteroatoms. The molecule has 0 radical (unpaired) electrons. The van der Waals surface area contributed by atoms with Crippen molar-refractivity contribution in [1.29, 1.82) is 0 Å². The molecule has 1 amide bonds. The number of aromatic nitrogens is 1. The molecule has 1 aromatic heterocycles. The van der Waals surface area contributed by atoms with Crippen molar-refractivity contribution in [2.75, 3.05) is 13.2 Å². The summed E-state index contributed by atoms with van der Waals surface area (Å²) in [5, 5.41) is 5.51. The van der Waals surface area contributed by atoms with Gasteiger partial charge in [-0.05, 0) is 6.92 Å². The lowest BCUT2D eigenvalue weighted by molar-refractivity contribution is -0.00353. The van der Waals surface area contributed by atoms with Gasteiger partial charge in [0.15, 0.2) is 0 Å². The summed E-state index contributed by atoms with van der Waals surface area (Å²) >= 11 is 1.48. The summed E-state index contributed by atoms with van der Waals surface area (Å²) in [5.74, 6) is -0.0994. The van der Waals surface area contributed by atoms with Crippen LogP contribution in [0.3, 0.4) is 0 Å². The largest absolute Gasteiger partial charge is 0.377 e. The molecule has 0 aliphatic carbocycles. The zero-order valence-electron chi connectivity index (χ0n) is 7.24. The van der Waals surface area contributed by atoms with Gasteiger partial charge >= 0.3 is 0 Å². The van der Waals surface area contributed by atoms with Crippen molar-refractivity contribution in [1.82, 2.24) is 10.3 Å². The van der Waals surface area contributed by atoms with E-state index >= 15 is 0 Å². The highest BCUT2D eigenvalue weighted by atomic mass is 32.1. The number of rotatable bonds is 2. The molecule has 0 bridgehead atoms. The van der Waals surface area contributed by atoms with Gasteiger partial charge in [-0.3, -0.25) is 4.79 Å². The Labute approximate surface area is 79.9 Å². The van der Waals surface area contributed by atoms with Crippen LogP contribution in [0.1, 0.15) is 15.5 Å². The zero-order valence-corrected chi connectivity index (χ0v) is 8.06. The molecule has 0 atom stereocenters. The maximum Gasteiger partial charge on any atom is 0.271 e. The zero-order chi connectivity index (χ0) is 9.26. The summed E-state index contributed by atoms with van der Waals surface area (Å²) in [6.45, 7) is 3.12. The second-order valence-electron chi connectivity index (χ2n) is 2.96. The van der Waals surface area contributed by atoms with Crippen LogP contribution < -0.4 is 5.32 Å². The van der Waals surface area contributed by atoms with Crippen LogP contribution in [0.25, 0.3) is 0 Å². The van der Waals surface area contributed by atoms with E-state index in [1.807, 2.05) is 6.92 Å². The van der Waals surface area contributed by atoms with Crippen molar-refractivity contribution in [3.05, 3.63) is 16.1 Å². The normalized spacial score (nSPS) is 16.7. The van der Waals surface area contributed by atoms with Crippen LogP contribution in [0.15, 0.2) is 5.38 Å². The Morgan fingerprint density at radius 2 is 2.54 bits per heavy atom. The summed E-state index contributed by atoms with van der Waals surface area (Å²) in [6.07, 6.45) is 0. The van der Waals surface area contributed by atoms with Gasteiger partial charge in [-0.1, -0.05) is 0 Å². The van der Waals surface area contributed by atoms with E-state index in [-0.39, 0.29) is 11.9 Å². The average Bonchev–Trinajstić information content (AvgIpc) is 2.44. The number of carbonyl (C=O) groups is 1. The van der Waals surface area contributed by atoms with Gasteiger partial charge in [0, 0.05) is 5.38 Å². The minimum absolute atomic E-state index is 0.0994. The number of carbonyl (C=O) groups excluding carboxylic acids is 1. The molecule has 0 aromatic carbocycles. The number of nitrogens with one attached hydrogen (secondary N) is 1. The van der Waals surface area contributed by atoms with Crippen molar-refractivity contribution in [3.63, 3.8) is 0 Å². The molecule has 2 heterocycles. The summed E-state index contributed by atoms with van der Waals surface area (Å²) in [5.41, 5.74) is 0.509. The van der Waals surface area contributed by atoms with Crippen LogP contribution in [0.2, 0.25) is 0 Å². The maximum absolute atomic E-state index is 11.4. The number of hydrogen-bond donors (Lipinski definition) is 1. The molecule has 1 N–H and O–H groups in total. The van der Waals surface area contributed by atoms with E-state index in [9.17, 15) is 4.79 Å². The van der Waals surface area contributed by atoms with E-state index in [1.54, 1.807) is 5.38 Å². The third kappa shape index (κ3) is 1.87. The van der Waals surface area contributed by atoms with Gasteiger partial charge in [-0.25, -0.2) is 4.98 Å². The highest BCUT2D eigenvalue weighted by Crippen LogP contribution is 2.08. The van der Waals surface area contributed by atoms with E-state index in [0.717, 1.165) is 5.01 Å². The smallest absolute Gasteiger partial charge is 0.271 e. The fourth-order valence-corrected chi connectivity index (χ4v) is 1.64. The highest BCUT2D eigenvalue weighted by molar-refractivity contribution is 7.09. The van der Waals surface area contributed by atoms with Gasteiger partial charge in [-0.2, -0.15) is 0 Å². The van der Waals surface area contributed by atoms with E-state index in [0.29, 0.717) is 18.9 Å².